The lowest BCUT2D eigenvalue weighted by Gasteiger charge is -2.30. The fourth-order valence-corrected chi connectivity index (χ4v) is 3.20. The molecule has 132 valence electrons. The summed E-state index contributed by atoms with van der Waals surface area (Å²) in [6, 6.07) is 5.40. The number of piperidine rings is 1. The van der Waals surface area contributed by atoms with Crippen LogP contribution in [0.2, 0.25) is 0 Å². The van der Waals surface area contributed by atoms with E-state index in [1.165, 1.54) is 25.9 Å². The molecule has 1 amide bonds. The smallest absolute Gasteiger partial charge is 0.251 e. The second kappa shape index (κ2) is 8.38. The van der Waals surface area contributed by atoms with Gasteiger partial charge in [-0.2, -0.15) is 0 Å². The van der Waals surface area contributed by atoms with E-state index in [0.29, 0.717) is 31.1 Å². The van der Waals surface area contributed by atoms with Gasteiger partial charge in [0.05, 0.1) is 13.2 Å². The maximum atomic E-state index is 12.3. The molecule has 0 atom stereocenters. The van der Waals surface area contributed by atoms with Gasteiger partial charge < -0.3 is 19.7 Å². The van der Waals surface area contributed by atoms with Crippen LogP contribution in [0.1, 0.15) is 43.0 Å². The molecule has 1 fully saturated rings. The quantitative estimate of drug-likeness (QED) is 0.843. The molecule has 3 rings (SSSR count). The summed E-state index contributed by atoms with van der Waals surface area (Å²) in [6.07, 6.45) is 4.45. The Labute approximate surface area is 144 Å². The van der Waals surface area contributed by atoms with Gasteiger partial charge in [0.15, 0.2) is 11.5 Å². The van der Waals surface area contributed by atoms with E-state index in [2.05, 4.69) is 17.1 Å². The predicted molar refractivity (Wildman–Crippen MR) is 93.8 cm³/mol. The van der Waals surface area contributed by atoms with Crippen LogP contribution in [-0.2, 0) is 0 Å². The van der Waals surface area contributed by atoms with Crippen molar-refractivity contribution >= 4 is 5.91 Å². The number of ether oxygens (including phenoxy) is 2. The van der Waals surface area contributed by atoms with E-state index in [1.807, 2.05) is 6.07 Å². The number of fused-ring (bicyclic) bond motifs is 1. The Morgan fingerprint density at radius 2 is 1.96 bits per heavy atom. The molecule has 5 nitrogen and oxygen atoms in total. The number of amides is 1. The Morgan fingerprint density at radius 1 is 1.21 bits per heavy atom. The Balaban J connectivity index is 1.43. The molecular formula is C19H28N2O3. The number of benzene rings is 1. The average Bonchev–Trinajstić information content (AvgIpc) is 2.84. The maximum absolute atomic E-state index is 12.3. The molecule has 0 aromatic heterocycles. The van der Waals surface area contributed by atoms with E-state index >= 15 is 0 Å². The first-order chi connectivity index (χ1) is 11.7. The molecule has 2 heterocycles. The van der Waals surface area contributed by atoms with E-state index < -0.39 is 0 Å². The summed E-state index contributed by atoms with van der Waals surface area (Å²) in [5, 5.41) is 3.01. The van der Waals surface area contributed by atoms with Crippen LogP contribution < -0.4 is 14.8 Å². The van der Waals surface area contributed by atoms with E-state index in [0.717, 1.165) is 31.1 Å². The Kier molecular flexibility index (Phi) is 5.96. The molecule has 24 heavy (non-hydrogen) atoms. The van der Waals surface area contributed by atoms with Gasteiger partial charge in [0.25, 0.3) is 5.91 Å². The third-order valence-corrected chi connectivity index (χ3v) is 4.82. The van der Waals surface area contributed by atoms with Crippen molar-refractivity contribution in [2.45, 2.75) is 32.6 Å². The molecule has 0 saturated carbocycles. The minimum absolute atomic E-state index is 0.0436. The van der Waals surface area contributed by atoms with Crippen molar-refractivity contribution in [3.05, 3.63) is 23.8 Å². The fourth-order valence-electron chi connectivity index (χ4n) is 3.20. The molecular weight excluding hydrogens is 304 g/mol. The second-order valence-corrected chi connectivity index (χ2v) is 6.85. The average molecular weight is 332 g/mol. The minimum Gasteiger partial charge on any atom is -0.490 e. The lowest BCUT2D eigenvalue weighted by Crippen LogP contribution is -2.35. The summed E-state index contributed by atoms with van der Waals surface area (Å²) in [4.78, 5) is 14.8. The number of likely N-dealkylation sites (tertiary alicyclic amines) is 1. The molecule has 1 aromatic rings. The highest BCUT2D eigenvalue weighted by atomic mass is 16.5. The van der Waals surface area contributed by atoms with Gasteiger partial charge in [0, 0.05) is 18.5 Å². The lowest BCUT2D eigenvalue weighted by molar-refractivity contribution is 0.0950. The SMILES string of the molecule is CC1CCN(CCCNC(=O)c2ccc3c(c2)OCCCO3)CC1. The molecule has 0 spiro atoms. The molecule has 5 heteroatoms. The van der Waals surface area contributed by atoms with Crippen LogP contribution in [0.4, 0.5) is 0 Å². The summed E-state index contributed by atoms with van der Waals surface area (Å²) in [6.45, 7) is 7.77. The maximum Gasteiger partial charge on any atom is 0.251 e. The summed E-state index contributed by atoms with van der Waals surface area (Å²) in [7, 11) is 0. The zero-order valence-electron chi connectivity index (χ0n) is 14.6. The zero-order chi connectivity index (χ0) is 16.8. The topological polar surface area (TPSA) is 50.8 Å². The van der Waals surface area contributed by atoms with Crippen LogP contribution in [0.3, 0.4) is 0 Å². The van der Waals surface area contributed by atoms with E-state index in [1.54, 1.807) is 12.1 Å². The normalized spacial score (nSPS) is 18.9. The van der Waals surface area contributed by atoms with Gasteiger partial charge in [-0.1, -0.05) is 6.92 Å². The van der Waals surface area contributed by atoms with Gasteiger partial charge in [0.2, 0.25) is 0 Å². The van der Waals surface area contributed by atoms with Crippen molar-refractivity contribution in [1.29, 1.82) is 0 Å². The highest BCUT2D eigenvalue weighted by Gasteiger charge is 2.16. The number of hydrogen-bond donors (Lipinski definition) is 1. The molecule has 1 N–H and O–H groups in total. The Hall–Kier alpha value is -1.75. The van der Waals surface area contributed by atoms with Gasteiger partial charge in [-0.15, -0.1) is 0 Å². The number of rotatable bonds is 5. The molecule has 2 aliphatic heterocycles. The minimum atomic E-state index is -0.0436. The molecule has 0 radical (unpaired) electrons. The van der Waals surface area contributed by atoms with E-state index in [4.69, 9.17) is 9.47 Å². The highest BCUT2D eigenvalue weighted by molar-refractivity contribution is 5.94. The highest BCUT2D eigenvalue weighted by Crippen LogP contribution is 2.30. The van der Waals surface area contributed by atoms with Gasteiger partial charge in [0.1, 0.15) is 0 Å². The van der Waals surface area contributed by atoms with E-state index in [9.17, 15) is 4.79 Å². The zero-order valence-corrected chi connectivity index (χ0v) is 14.6. The lowest BCUT2D eigenvalue weighted by atomic mass is 9.99. The summed E-state index contributed by atoms with van der Waals surface area (Å²) < 4.78 is 11.2. The molecule has 2 aliphatic rings. The van der Waals surface area contributed by atoms with Crippen molar-refractivity contribution in [2.24, 2.45) is 5.92 Å². The van der Waals surface area contributed by atoms with Gasteiger partial charge >= 0.3 is 0 Å². The van der Waals surface area contributed by atoms with Crippen LogP contribution >= 0.6 is 0 Å². The van der Waals surface area contributed by atoms with Crippen molar-refractivity contribution < 1.29 is 14.3 Å². The first-order valence-electron chi connectivity index (χ1n) is 9.12. The standard InChI is InChI=1S/C19H28N2O3/c1-15-6-10-21(11-7-15)9-2-8-20-19(22)16-4-5-17-18(14-16)24-13-3-12-23-17/h4-5,14-15H,2-3,6-13H2,1H3,(H,20,22). The van der Waals surface area contributed by atoms with Crippen LogP contribution in [0.15, 0.2) is 18.2 Å². The van der Waals surface area contributed by atoms with Crippen molar-refractivity contribution in [3.63, 3.8) is 0 Å². The monoisotopic (exact) mass is 332 g/mol. The predicted octanol–water partition coefficient (Wildman–Crippen LogP) is 2.70. The number of carbonyl (C=O) groups is 1. The Morgan fingerprint density at radius 3 is 2.75 bits per heavy atom. The van der Waals surface area contributed by atoms with Crippen molar-refractivity contribution in [3.8, 4) is 11.5 Å². The summed E-state index contributed by atoms with van der Waals surface area (Å²) in [5.41, 5.74) is 0.631. The molecule has 1 saturated heterocycles. The van der Waals surface area contributed by atoms with Crippen LogP contribution in [0, 0.1) is 5.92 Å². The first-order valence-corrected chi connectivity index (χ1v) is 9.12. The third kappa shape index (κ3) is 4.63. The summed E-state index contributed by atoms with van der Waals surface area (Å²) >= 11 is 0. The van der Waals surface area contributed by atoms with Crippen molar-refractivity contribution in [2.75, 3.05) is 39.4 Å². The van der Waals surface area contributed by atoms with E-state index in [-0.39, 0.29) is 5.91 Å². The van der Waals surface area contributed by atoms with Crippen LogP contribution in [0.5, 0.6) is 11.5 Å². The van der Waals surface area contributed by atoms with Crippen LogP contribution in [-0.4, -0.2) is 50.2 Å². The number of carbonyl (C=O) groups excluding carboxylic acids is 1. The second-order valence-electron chi connectivity index (χ2n) is 6.85. The Bertz CT molecular complexity index is 554. The molecule has 1 aromatic carbocycles. The largest absolute Gasteiger partial charge is 0.490 e. The van der Waals surface area contributed by atoms with Gasteiger partial charge in [-0.3, -0.25) is 4.79 Å². The third-order valence-electron chi connectivity index (χ3n) is 4.82. The molecule has 0 unspecified atom stereocenters. The fraction of sp³-hybridized carbons (Fsp3) is 0.632. The van der Waals surface area contributed by atoms with Crippen molar-refractivity contribution in [1.82, 2.24) is 10.2 Å². The first kappa shape index (κ1) is 17.1. The molecule has 0 aliphatic carbocycles. The number of nitrogens with zero attached hydrogens (tertiary/aromatic N) is 1. The van der Waals surface area contributed by atoms with Gasteiger partial charge in [-0.05, 0) is 63.0 Å². The summed E-state index contributed by atoms with van der Waals surface area (Å²) in [5.74, 6) is 2.21. The number of nitrogens with one attached hydrogen (secondary N) is 1. The van der Waals surface area contributed by atoms with Crippen LogP contribution in [0.25, 0.3) is 0 Å². The number of hydrogen-bond acceptors (Lipinski definition) is 4. The molecule has 0 bridgehead atoms. The van der Waals surface area contributed by atoms with Gasteiger partial charge in [-0.25, -0.2) is 0 Å².